The molecule has 1 aromatic carbocycles. The second kappa shape index (κ2) is 4.97. The van der Waals surface area contributed by atoms with Crippen LogP contribution in [0.1, 0.15) is 11.1 Å². The van der Waals surface area contributed by atoms with E-state index in [0.717, 1.165) is 43.3 Å². The van der Waals surface area contributed by atoms with Crippen LogP contribution < -0.4 is 5.32 Å². The van der Waals surface area contributed by atoms with Crippen molar-refractivity contribution in [2.24, 2.45) is 0 Å². The minimum absolute atomic E-state index is 0.877. The summed E-state index contributed by atoms with van der Waals surface area (Å²) in [6, 6.07) is 6.35. The van der Waals surface area contributed by atoms with Crippen LogP contribution in [0, 0.1) is 6.92 Å². The molecule has 2 rings (SSSR count). The highest BCUT2D eigenvalue weighted by molar-refractivity contribution is 6.31. The van der Waals surface area contributed by atoms with Gasteiger partial charge in [0.15, 0.2) is 0 Å². The molecule has 0 atom stereocenters. The number of nitrogens with one attached hydrogen (secondary N) is 1. The van der Waals surface area contributed by atoms with Gasteiger partial charge in [-0.1, -0.05) is 23.7 Å². The molecule has 0 aromatic heterocycles. The van der Waals surface area contributed by atoms with Crippen molar-refractivity contribution in [3.63, 3.8) is 0 Å². The first-order chi connectivity index (χ1) is 7.25. The Kier molecular flexibility index (Phi) is 3.62. The Hall–Kier alpha value is -0.570. The van der Waals surface area contributed by atoms with E-state index in [1.165, 1.54) is 5.56 Å². The van der Waals surface area contributed by atoms with Crippen LogP contribution in [0.3, 0.4) is 0 Å². The molecule has 1 aromatic rings. The average Bonchev–Trinajstić information content (AvgIpc) is 2.25. The van der Waals surface area contributed by atoms with Gasteiger partial charge in [0.05, 0.1) is 0 Å². The third-order valence-corrected chi connectivity index (χ3v) is 3.26. The molecule has 1 N–H and O–H groups in total. The molecule has 0 amide bonds. The number of rotatable bonds is 2. The van der Waals surface area contributed by atoms with E-state index in [-0.39, 0.29) is 0 Å². The molecule has 0 aliphatic carbocycles. The molecule has 2 nitrogen and oxygen atoms in total. The second-order valence-corrected chi connectivity index (χ2v) is 4.52. The summed E-state index contributed by atoms with van der Waals surface area (Å²) in [7, 11) is 0. The summed E-state index contributed by atoms with van der Waals surface area (Å²) < 4.78 is 0. The highest BCUT2D eigenvalue weighted by Gasteiger charge is 2.09. The summed E-state index contributed by atoms with van der Waals surface area (Å²) in [6.07, 6.45) is 0. The first-order valence-electron chi connectivity index (χ1n) is 5.44. The number of nitrogens with zero attached hydrogens (tertiary/aromatic N) is 1. The molecule has 1 heterocycles. The quantitative estimate of drug-likeness (QED) is 0.828. The Balaban J connectivity index is 2.00. The number of halogens is 1. The molecular formula is C12H17ClN2. The molecule has 0 radical (unpaired) electrons. The van der Waals surface area contributed by atoms with E-state index in [1.807, 2.05) is 6.92 Å². The fraction of sp³-hybridized carbons (Fsp3) is 0.500. The summed E-state index contributed by atoms with van der Waals surface area (Å²) in [6.45, 7) is 7.51. The summed E-state index contributed by atoms with van der Waals surface area (Å²) in [4.78, 5) is 2.46. The second-order valence-electron chi connectivity index (χ2n) is 4.11. The van der Waals surface area contributed by atoms with E-state index in [2.05, 4.69) is 28.4 Å². The van der Waals surface area contributed by atoms with Crippen LogP contribution >= 0.6 is 11.6 Å². The first-order valence-corrected chi connectivity index (χ1v) is 5.81. The Morgan fingerprint density at radius 2 is 2.07 bits per heavy atom. The highest BCUT2D eigenvalue weighted by Crippen LogP contribution is 2.17. The van der Waals surface area contributed by atoms with E-state index in [9.17, 15) is 0 Å². The van der Waals surface area contributed by atoms with Gasteiger partial charge in [-0.25, -0.2) is 0 Å². The molecule has 1 fully saturated rings. The highest BCUT2D eigenvalue weighted by atomic mass is 35.5. The van der Waals surface area contributed by atoms with Crippen molar-refractivity contribution in [3.05, 3.63) is 34.3 Å². The predicted molar refractivity (Wildman–Crippen MR) is 64.3 cm³/mol. The number of piperazine rings is 1. The molecule has 1 aliphatic heterocycles. The third kappa shape index (κ3) is 2.94. The molecular weight excluding hydrogens is 208 g/mol. The van der Waals surface area contributed by atoms with Crippen molar-refractivity contribution >= 4 is 11.6 Å². The van der Waals surface area contributed by atoms with Crippen LogP contribution in [0.25, 0.3) is 0 Å². The topological polar surface area (TPSA) is 15.3 Å². The van der Waals surface area contributed by atoms with E-state index in [0.29, 0.717) is 0 Å². The molecule has 1 saturated heterocycles. The van der Waals surface area contributed by atoms with Crippen LogP contribution in [-0.4, -0.2) is 31.1 Å². The maximum Gasteiger partial charge on any atom is 0.0438 e. The SMILES string of the molecule is Cc1ccc(CN2CCNCC2)cc1Cl. The fourth-order valence-corrected chi connectivity index (χ4v) is 2.07. The van der Waals surface area contributed by atoms with Gasteiger partial charge in [0.2, 0.25) is 0 Å². The Labute approximate surface area is 96.2 Å². The van der Waals surface area contributed by atoms with Gasteiger partial charge >= 0.3 is 0 Å². The normalized spacial score (nSPS) is 18.0. The number of benzene rings is 1. The van der Waals surface area contributed by atoms with Crippen molar-refractivity contribution in [2.75, 3.05) is 26.2 Å². The van der Waals surface area contributed by atoms with Gasteiger partial charge in [-0.2, -0.15) is 0 Å². The van der Waals surface area contributed by atoms with Gasteiger partial charge in [0.1, 0.15) is 0 Å². The van der Waals surface area contributed by atoms with Crippen molar-refractivity contribution < 1.29 is 0 Å². The zero-order valence-electron chi connectivity index (χ0n) is 9.09. The first kappa shape index (κ1) is 10.9. The number of aryl methyl sites for hydroxylation is 1. The Bertz CT molecular complexity index is 332. The molecule has 15 heavy (non-hydrogen) atoms. The standard InChI is InChI=1S/C12H17ClN2/c1-10-2-3-11(8-12(10)13)9-15-6-4-14-5-7-15/h2-3,8,14H,4-7,9H2,1H3. The lowest BCUT2D eigenvalue weighted by molar-refractivity contribution is 0.233. The fourth-order valence-electron chi connectivity index (χ4n) is 1.86. The summed E-state index contributed by atoms with van der Waals surface area (Å²) in [5.41, 5.74) is 2.47. The third-order valence-electron chi connectivity index (χ3n) is 2.85. The Morgan fingerprint density at radius 1 is 1.33 bits per heavy atom. The van der Waals surface area contributed by atoms with Crippen molar-refractivity contribution in [1.82, 2.24) is 10.2 Å². The van der Waals surface area contributed by atoms with Gasteiger partial charge in [0, 0.05) is 37.7 Å². The summed E-state index contributed by atoms with van der Waals surface area (Å²) in [5.74, 6) is 0. The van der Waals surface area contributed by atoms with Crippen LogP contribution in [0.5, 0.6) is 0 Å². The molecule has 0 unspecified atom stereocenters. The van der Waals surface area contributed by atoms with Crippen LogP contribution in [0.15, 0.2) is 18.2 Å². The minimum Gasteiger partial charge on any atom is -0.314 e. The zero-order chi connectivity index (χ0) is 10.7. The predicted octanol–water partition coefficient (Wildman–Crippen LogP) is 2.05. The maximum absolute atomic E-state index is 6.10. The summed E-state index contributed by atoms with van der Waals surface area (Å²) in [5, 5.41) is 4.23. The van der Waals surface area contributed by atoms with Gasteiger partial charge in [-0.15, -0.1) is 0 Å². The smallest absolute Gasteiger partial charge is 0.0438 e. The largest absolute Gasteiger partial charge is 0.314 e. The zero-order valence-corrected chi connectivity index (χ0v) is 9.85. The lowest BCUT2D eigenvalue weighted by Gasteiger charge is -2.27. The molecule has 1 aliphatic rings. The van der Waals surface area contributed by atoms with E-state index < -0.39 is 0 Å². The van der Waals surface area contributed by atoms with Crippen LogP contribution in [0.4, 0.5) is 0 Å². The van der Waals surface area contributed by atoms with Gasteiger partial charge in [-0.05, 0) is 24.1 Å². The lowest BCUT2D eigenvalue weighted by atomic mass is 10.1. The van der Waals surface area contributed by atoms with E-state index >= 15 is 0 Å². The van der Waals surface area contributed by atoms with Crippen molar-refractivity contribution in [2.45, 2.75) is 13.5 Å². The van der Waals surface area contributed by atoms with Crippen LogP contribution in [0.2, 0.25) is 5.02 Å². The molecule has 0 bridgehead atoms. The average molecular weight is 225 g/mol. The monoisotopic (exact) mass is 224 g/mol. The minimum atomic E-state index is 0.877. The van der Waals surface area contributed by atoms with Crippen LogP contribution in [-0.2, 0) is 6.54 Å². The molecule has 3 heteroatoms. The lowest BCUT2D eigenvalue weighted by Crippen LogP contribution is -2.42. The van der Waals surface area contributed by atoms with E-state index in [1.54, 1.807) is 0 Å². The molecule has 82 valence electrons. The van der Waals surface area contributed by atoms with Gasteiger partial charge in [-0.3, -0.25) is 4.90 Å². The van der Waals surface area contributed by atoms with Gasteiger partial charge < -0.3 is 5.32 Å². The molecule has 0 spiro atoms. The summed E-state index contributed by atoms with van der Waals surface area (Å²) >= 11 is 6.10. The maximum atomic E-state index is 6.10. The number of hydrogen-bond donors (Lipinski definition) is 1. The van der Waals surface area contributed by atoms with Gasteiger partial charge in [0.25, 0.3) is 0 Å². The number of hydrogen-bond acceptors (Lipinski definition) is 2. The molecule has 0 saturated carbocycles. The van der Waals surface area contributed by atoms with Crippen molar-refractivity contribution in [3.8, 4) is 0 Å². The van der Waals surface area contributed by atoms with E-state index in [4.69, 9.17) is 11.6 Å². The Morgan fingerprint density at radius 3 is 2.73 bits per heavy atom. The van der Waals surface area contributed by atoms with Crippen molar-refractivity contribution in [1.29, 1.82) is 0 Å².